The van der Waals surface area contributed by atoms with Gasteiger partial charge in [0, 0.05) is 27.2 Å². The molecule has 12 nitrogen and oxygen atoms in total. The number of aliphatic imine (C=N–C) groups is 2. The van der Waals surface area contributed by atoms with E-state index in [0.29, 0.717) is 49.3 Å². The quantitative estimate of drug-likeness (QED) is 0.424. The summed E-state index contributed by atoms with van der Waals surface area (Å²) in [5.41, 5.74) is 3.59. The molecular weight excluding hydrogens is 516 g/mol. The van der Waals surface area contributed by atoms with E-state index in [4.69, 9.17) is 18.9 Å². The number of hydrogen-bond acceptors (Lipinski definition) is 12. The van der Waals surface area contributed by atoms with Crippen molar-refractivity contribution >= 4 is 35.0 Å². The first-order valence-electron chi connectivity index (χ1n) is 13.2. The number of likely N-dealkylation sites (N-methyl/N-ethyl adjacent to an activating group) is 2. The number of benzene rings is 2. The van der Waals surface area contributed by atoms with Gasteiger partial charge < -0.3 is 39.4 Å². The molecule has 210 valence electrons. The highest BCUT2D eigenvalue weighted by Gasteiger charge is 2.53. The van der Waals surface area contributed by atoms with Gasteiger partial charge >= 0.3 is 23.5 Å². The average Bonchev–Trinajstić information content (AvgIpc) is 3.63. The van der Waals surface area contributed by atoms with Crippen LogP contribution in [0.15, 0.2) is 46.4 Å². The van der Waals surface area contributed by atoms with Gasteiger partial charge in [-0.05, 0) is 49.2 Å². The van der Waals surface area contributed by atoms with Crippen molar-refractivity contribution in [1.29, 1.82) is 0 Å². The van der Waals surface area contributed by atoms with Crippen LogP contribution in [0.4, 0.5) is 11.4 Å². The molecule has 2 N–H and O–H groups in total. The Balaban J connectivity index is 1.30. The SMILES string of the molecule is Cc1ccc2c(c1)OC(OC(=O)C(=O)OC1(C3=NCCN3)CN(C)c3ccc(C)cc3O1)(C1=NCCN1)CN2C. The number of amidine groups is 2. The largest absolute Gasteiger partial charge is 0.442 e. The first-order chi connectivity index (χ1) is 19.2. The molecule has 0 radical (unpaired) electrons. The number of carbonyl (C=O) groups excluding carboxylic acids is 2. The van der Waals surface area contributed by atoms with Crippen molar-refractivity contribution in [2.45, 2.75) is 25.4 Å². The topological polar surface area (TPSA) is 126 Å². The Bertz CT molecular complexity index is 1330. The highest BCUT2D eigenvalue weighted by atomic mass is 16.8. The van der Waals surface area contributed by atoms with Crippen molar-refractivity contribution in [3.05, 3.63) is 47.5 Å². The molecule has 40 heavy (non-hydrogen) atoms. The van der Waals surface area contributed by atoms with Crippen molar-refractivity contribution < 1.29 is 28.5 Å². The predicted octanol–water partition coefficient (Wildman–Crippen LogP) is 1.14. The van der Waals surface area contributed by atoms with Gasteiger partial charge in [-0.25, -0.2) is 9.59 Å². The number of fused-ring (bicyclic) bond motifs is 2. The zero-order valence-electron chi connectivity index (χ0n) is 22.9. The predicted molar refractivity (Wildman–Crippen MR) is 148 cm³/mol. The first kappa shape index (κ1) is 25.8. The molecule has 0 saturated heterocycles. The van der Waals surface area contributed by atoms with Crippen LogP contribution in [0.25, 0.3) is 0 Å². The molecule has 0 aliphatic carbocycles. The fourth-order valence-electron chi connectivity index (χ4n) is 5.39. The number of anilines is 2. The molecule has 4 aliphatic rings. The maximum atomic E-state index is 13.5. The maximum Gasteiger partial charge on any atom is 0.421 e. The lowest BCUT2D eigenvalue weighted by molar-refractivity contribution is -0.202. The minimum Gasteiger partial charge on any atom is -0.442 e. The second kappa shape index (κ2) is 9.61. The van der Waals surface area contributed by atoms with Gasteiger partial charge in [-0.15, -0.1) is 0 Å². The fourth-order valence-corrected chi connectivity index (χ4v) is 5.39. The fraction of sp³-hybridized carbons (Fsp3) is 0.429. The third kappa shape index (κ3) is 4.42. The number of rotatable bonds is 4. The van der Waals surface area contributed by atoms with Crippen LogP contribution in [0.1, 0.15) is 11.1 Å². The number of carbonyl (C=O) groups is 2. The Morgan fingerprint density at radius 1 is 0.775 bits per heavy atom. The van der Waals surface area contributed by atoms with E-state index in [1.807, 2.05) is 74.1 Å². The highest BCUT2D eigenvalue weighted by molar-refractivity contribution is 6.30. The number of aryl methyl sites for hydroxylation is 2. The van der Waals surface area contributed by atoms with Crippen molar-refractivity contribution in [1.82, 2.24) is 10.6 Å². The van der Waals surface area contributed by atoms with Crippen LogP contribution in [0.3, 0.4) is 0 Å². The number of hydrogen-bond donors (Lipinski definition) is 2. The van der Waals surface area contributed by atoms with Crippen LogP contribution >= 0.6 is 0 Å². The second-order valence-corrected chi connectivity index (χ2v) is 10.5. The molecule has 0 bridgehead atoms. The zero-order chi connectivity index (χ0) is 28.1. The van der Waals surface area contributed by atoms with Crippen molar-refractivity contribution in [3.63, 3.8) is 0 Å². The van der Waals surface area contributed by atoms with Gasteiger partial charge in [0.2, 0.25) is 0 Å². The summed E-state index contributed by atoms with van der Waals surface area (Å²) in [6.45, 7) is 6.18. The van der Waals surface area contributed by atoms with Crippen LogP contribution in [0, 0.1) is 13.8 Å². The molecule has 6 rings (SSSR count). The number of nitrogens with zero attached hydrogens (tertiary/aromatic N) is 4. The Hall–Kier alpha value is -4.48. The number of esters is 2. The lowest BCUT2D eigenvalue weighted by Crippen LogP contribution is -2.63. The minimum absolute atomic E-state index is 0.110. The molecule has 0 saturated carbocycles. The van der Waals surface area contributed by atoms with E-state index in [-0.39, 0.29) is 13.1 Å². The number of nitrogens with one attached hydrogen (secondary N) is 2. The lowest BCUT2D eigenvalue weighted by Gasteiger charge is -2.43. The Labute approximate surface area is 231 Å². The summed E-state index contributed by atoms with van der Waals surface area (Å²) in [5, 5.41) is 6.28. The van der Waals surface area contributed by atoms with E-state index in [1.54, 1.807) is 0 Å². The molecule has 12 heteroatoms. The van der Waals surface area contributed by atoms with Gasteiger partial charge in [0.1, 0.15) is 24.6 Å². The zero-order valence-corrected chi connectivity index (χ0v) is 22.9. The van der Waals surface area contributed by atoms with E-state index in [1.165, 1.54) is 0 Å². The summed E-state index contributed by atoms with van der Waals surface area (Å²) in [7, 11) is 3.72. The van der Waals surface area contributed by atoms with Crippen molar-refractivity contribution in [2.24, 2.45) is 9.98 Å². The maximum absolute atomic E-state index is 13.5. The molecule has 0 spiro atoms. The van der Waals surface area contributed by atoms with E-state index >= 15 is 0 Å². The Morgan fingerprint density at radius 3 is 1.57 bits per heavy atom. The molecule has 4 heterocycles. The van der Waals surface area contributed by atoms with Crippen molar-refractivity contribution in [2.75, 3.05) is 63.2 Å². The third-order valence-electron chi connectivity index (χ3n) is 7.25. The summed E-state index contributed by atoms with van der Waals surface area (Å²) in [4.78, 5) is 39.7. The van der Waals surface area contributed by atoms with Crippen molar-refractivity contribution in [3.8, 4) is 11.5 Å². The standard InChI is InChI=1S/C28H32N6O6/c1-17-5-7-19-21(13-17)37-27(15-33(19)3,25-29-9-10-30-25)39-23(35)24(36)40-28(26-31-11-12-32-26)16-34(4)20-8-6-18(2)14-22(20)38-28/h5-8,13-14H,9-12,15-16H2,1-4H3,(H,29,30)(H,31,32). The van der Waals surface area contributed by atoms with E-state index < -0.39 is 23.5 Å². The number of ether oxygens (including phenoxy) is 4. The molecular formula is C28H32N6O6. The minimum atomic E-state index is -1.67. The Kier molecular flexibility index (Phi) is 6.20. The van der Waals surface area contributed by atoms with Gasteiger partial charge in [0.05, 0.1) is 24.5 Å². The molecule has 0 fully saturated rings. The summed E-state index contributed by atoms with van der Waals surface area (Å²) in [5.74, 6) is -4.13. The van der Waals surface area contributed by atoms with Crippen LogP contribution in [-0.4, -0.2) is 88.5 Å². The molecule has 0 aromatic heterocycles. The molecule has 2 unspecified atom stereocenters. The van der Waals surface area contributed by atoms with Gasteiger partial charge in [-0.3, -0.25) is 9.98 Å². The van der Waals surface area contributed by atoms with Crippen LogP contribution in [0.5, 0.6) is 11.5 Å². The Morgan fingerprint density at radius 2 is 1.20 bits per heavy atom. The molecule has 2 aromatic rings. The molecule has 2 atom stereocenters. The van der Waals surface area contributed by atoms with Crippen LogP contribution < -0.4 is 29.9 Å². The summed E-state index contributed by atoms with van der Waals surface area (Å²) >= 11 is 0. The second-order valence-electron chi connectivity index (χ2n) is 10.5. The molecule has 0 amide bonds. The van der Waals surface area contributed by atoms with E-state index in [9.17, 15) is 9.59 Å². The third-order valence-corrected chi connectivity index (χ3v) is 7.25. The summed E-state index contributed by atoms with van der Waals surface area (Å²) in [6.07, 6.45) is 0. The smallest absolute Gasteiger partial charge is 0.421 e. The van der Waals surface area contributed by atoms with Crippen LogP contribution in [0.2, 0.25) is 0 Å². The monoisotopic (exact) mass is 548 g/mol. The lowest BCUT2D eigenvalue weighted by atomic mass is 10.1. The normalized spacial score (nSPS) is 24.8. The van der Waals surface area contributed by atoms with Gasteiger partial charge in [-0.1, -0.05) is 12.1 Å². The summed E-state index contributed by atoms with van der Waals surface area (Å²) in [6, 6.07) is 11.5. The van der Waals surface area contributed by atoms with Gasteiger partial charge in [0.15, 0.2) is 11.7 Å². The van der Waals surface area contributed by atoms with Gasteiger partial charge in [-0.2, -0.15) is 0 Å². The van der Waals surface area contributed by atoms with E-state index in [2.05, 4.69) is 20.6 Å². The van der Waals surface area contributed by atoms with E-state index in [0.717, 1.165) is 22.5 Å². The molecule has 4 aliphatic heterocycles. The average molecular weight is 549 g/mol. The highest BCUT2D eigenvalue weighted by Crippen LogP contribution is 2.40. The first-order valence-corrected chi connectivity index (χ1v) is 13.2. The van der Waals surface area contributed by atoms with Crippen LogP contribution in [-0.2, 0) is 19.1 Å². The summed E-state index contributed by atoms with van der Waals surface area (Å²) < 4.78 is 24.3. The van der Waals surface area contributed by atoms with Gasteiger partial charge in [0.25, 0.3) is 0 Å². The molecule has 2 aromatic carbocycles.